The maximum absolute atomic E-state index is 12.2. The molecule has 1 aromatic heterocycles. The second-order valence-electron chi connectivity index (χ2n) is 4.72. The number of nitrogens with zero attached hydrogens (tertiary/aromatic N) is 3. The Labute approximate surface area is 101 Å². The molecule has 5 heteroatoms. The van der Waals surface area contributed by atoms with Crippen LogP contribution < -0.4 is 0 Å². The summed E-state index contributed by atoms with van der Waals surface area (Å²) in [5.74, 6) is -0.0732. The minimum absolute atomic E-state index is 0.0637. The van der Waals surface area contributed by atoms with Gasteiger partial charge >= 0.3 is 0 Å². The van der Waals surface area contributed by atoms with Gasteiger partial charge in [-0.25, -0.2) is 4.98 Å². The molecule has 2 atom stereocenters. The normalized spacial score (nSPS) is 24.6. The zero-order valence-electron chi connectivity index (χ0n) is 10.3. The van der Waals surface area contributed by atoms with Crippen LogP contribution in [0.5, 0.6) is 0 Å². The molecule has 1 aliphatic rings. The fourth-order valence-electron chi connectivity index (χ4n) is 2.44. The van der Waals surface area contributed by atoms with Crippen molar-refractivity contribution < 1.29 is 9.90 Å². The Kier molecular flexibility index (Phi) is 3.47. The number of aryl methyl sites for hydroxylation is 1. The van der Waals surface area contributed by atoms with Crippen LogP contribution in [0.15, 0.2) is 12.5 Å². The number of carbonyl (C=O) groups excluding carboxylic acids is 1. The SMILES string of the molecule is CN(C(=O)c1cncn1C)C1CCCCC1O. The van der Waals surface area contributed by atoms with Gasteiger partial charge in [0.1, 0.15) is 5.69 Å². The molecule has 2 unspecified atom stereocenters. The standard InChI is InChI=1S/C12H19N3O2/c1-14-8-13-7-10(14)12(17)15(2)9-5-3-4-6-11(9)16/h7-9,11,16H,3-6H2,1-2H3. The fraction of sp³-hybridized carbons (Fsp3) is 0.667. The Morgan fingerprint density at radius 1 is 1.53 bits per heavy atom. The Hall–Kier alpha value is -1.36. The quantitative estimate of drug-likeness (QED) is 0.827. The first-order chi connectivity index (χ1) is 8.11. The molecule has 1 saturated carbocycles. The first kappa shape index (κ1) is 12.1. The molecule has 1 aromatic rings. The Morgan fingerprint density at radius 2 is 2.24 bits per heavy atom. The summed E-state index contributed by atoms with van der Waals surface area (Å²) in [6, 6.07) is -0.0637. The summed E-state index contributed by atoms with van der Waals surface area (Å²) in [7, 11) is 3.56. The summed E-state index contributed by atoms with van der Waals surface area (Å²) in [6.45, 7) is 0. The topological polar surface area (TPSA) is 58.4 Å². The monoisotopic (exact) mass is 237 g/mol. The smallest absolute Gasteiger partial charge is 0.272 e. The molecule has 1 aliphatic carbocycles. The summed E-state index contributed by atoms with van der Waals surface area (Å²) < 4.78 is 1.70. The van der Waals surface area contributed by atoms with Crippen LogP contribution in [-0.4, -0.2) is 44.7 Å². The molecule has 2 rings (SSSR count). The summed E-state index contributed by atoms with van der Waals surface area (Å²) in [6.07, 6.45) is 6.56. The summed E-state index contributed by atoms with van der Waals surface area (Å²) in [5.41, 5.74) is 0.560. The highest BCUT2D eigenvalue weighted by Gasteiger charge is 2.30. The minimum atomic E-state index is -0.397. The lowest BCUT2D eigenvalue weighted by Gasteiger charge is -2.35. The average Bonchev–Trinajstić information content (AvgIpc) is 2.74. The van der Waals surface area contributed by atoms with Crippen LogP contribution in [0.4, 0.5) is 0 Å². The van der Waals surface area contributed by atoms with E-state index in [1.165, 1.54) is 0 Å². The maximum atomic E-state index is 12.2. The number of rotatable bonds is 2. The van der Waals surface area contributed by atoms with E-state index in [2.05, 4.69) is 4.98 Å². The molecule has 94 valence electrons. The van der Waals surface area contributed by atoms with Gasteiger partial charge in [-0.05, 0) is 12.8 Å². The van der Waals surface area contributed by atoms with E-state index >= 15 is 0 Å². The van der Waals surface area contributed by atoms with Gasteiger partial charge in [0.05, 0.1) is 24.7 Å². The molecule has 1 amide bonds. The molecule has 0 bridgehead atoms. The van der Waals surface area contributed by atoms with Crippen molar-refractivity contribution in [2.45, 2.75) is 37.8 Å². The van der Waals surface area contributed by atoms with Crippen molar-refractivity contribution >= 4 is 5.91 Å². The van der Waals surface area contributed by atoms with Crippen LogP contribution in [0.1, 0.15) is 36.2 Å². The van der Waals surface area contributed by atoms with E-state index in [-0.39, 0.29) is 11.9 Å². The molecular weight excluding hydrogens is 218 g/mol. The second kappa shape index (κ2) is 4.87. The van der Waals surface area contributed by atoms with Crippen LogP contribution in [0, 0.1) is 0 Å². The number of imidazole rings is 1. The third-order valence-electron chi connectivity index (χ3n) is 3.55. The van der Waals surface area contributed by atoms with Gasteiger partial charge in [-0.1, -0.05) is 12.8 Å². The molecular formula is C12H19N3O2. The molecule has 17 heavy (non-hydrogen) atoms. The van der Waals surface area contributed by atoms with Crippen molar-refractivity contribution in [1.29, 1.82) is 0 Å². The average molecular weight is 237 g/mol. The summed E-state index contributed by atoms with van der Waals surface area (Å²) in [5, 5.41) is 9.94. The minimum Gasteiger partial charge on any atom is -0.391 e. The predicted molar refractivity (Wildman–Crippen MR) is 63.6 cm³/mol. The van der Waals surface area contributed by atoms with Crippen molar-refractivity contribution in [1.82, 2.24) is 14.5 Å². The third kappa shape index (κ3) is 2.34. The highest BCUT2D eigenvalue weighted by atomic mass is 16.3. The Morgan fingerprint density at radius 3 is 2.82 bits per heavy atom. The maximum Gasteiger partial charge on any atom is 0.272 e. The number of aliphatic hydroxyl groups is 1. The first-order valence-corrected chi connectivity index (χ1v) is 6.03. The first-order valence-electron chi connectivity index (χ1n) is 6.03. The number of carbonyl (C=O) groups is 1. The van der Waals surface area contributed by atoms with E-state index in [0.717, 1.165) is 25.7 Å². The molecule has 1 heterocycles. The Balaban J connectivity index is 2.11. The molecule has 5 nitrogen and oxygen atoms in total. The zero-order chi connectivity index (χ0) is 12.4. The number of hydrogen-bond donors (Lipinski definition) is 1. The molecule has 1 N–H and O–H groups in total. The summed E-state index contributed by atoms with van der Waals surface area (Å²) >= 11 is 0. The molecule has 0 aliphatic heterocycles. The molecule has 0 aromatic carbocycles. The van der Waals surface area contributed by atoms with Crippen molar-refractivity contribution in [3.05, 3.63) is 18.2 Å². The van der Waals surface area contributed by atoms with Crippen LogP contribution in [0.3, 0.4) is 0 Å². The van der Waals surface area contributed by atoms with E-state index in [4.69, 9.17) is 0 Å². The van der Waals surface area contributed by atoms with Gasteiger partial charge in [0.25, 0.3) is 5.91 Å². The van der Waals surface area contributed by atoms with Gasteiger partial charge in [0, 0.05) is 14.1 Å². The van der Waals surface area contributed by atoms with Crippen LogP contribution in [0.2, 0.25) is 0 Å². The molecule has 0 spiro atoms. The van der Waals surface area contributed by atoms with E-state index in [1.54, 1.807) is 36.1 Å². The largest absolute Gasteiger partial charge is 0.391 e. The summed E-state index contributed by atoms with van der Waals surface area (Å²) in [4.78, 5) is 17.8. The van der Waals surface area contributed by atoms with Gasteiger partial charge in [-0.2, -0.15) is 0 Å². The third-order valence-corrected chi connectivity index (χ3v) is 3.55. The highest BCUT2D eigenvalue weighted by molar-refractivity contribution is 5.92. The number of likely N-dealkylation sites (N-methyl/N-ethyl adjacent to an activating group) is 1. The van der Waals surface area contributed by atoms with E-state index in [1.807, 2.05) is 0 Å². The number of aromatic nitrogens is 2. The molecule has 1 fully saturated rings. The molecule has 0 saturated heterocycles. The van der Waals surface area contributed by atoms with Gasteiger partial charge in [-0.15, -0.1) is 0 Å². The predicted octanol–water partition coefficient (Wildman–Crippen LogP) is 0.796. The van der Waals surface area contributed by atoms with Gasteiger partial charge in [-0.3, -0.25) is 4.79 Å². The van der Waals surface area contributed by atoms with Crippen molar-refractivity contribution in [3.63, 3.8) is 0 Å². The van der Waals surface area contributed by atoms with Gasteiger partial charge in [0.15, 0.2) is 0 Å². The number of aliphatic hydroxyl groups excluding tert-OH is 1. The number of amides is 1. The van der Waals surface area contributed by atoms with Crippen molar-refractivity contribution in [3.8, 4) is 0 Å². The van der Waals surface area contributed by atoms with E-state index in [9.17, 15) is 9.90 Å². The van der Waals surface area contributed by atoms with Crippen LogP contribution in [-0.2, 0) is 7.05 Å². The van der Waals surface area contributed by atoms with Crippen LogP contribution in [0.25, 0.3) is 0 Å². The van der Waals surface area contributed by atoms with Crippen molar-refractivity contribution in [2.75, 3.05) is 7.05 Å². The fourth-order valence-corrected chi connectivity index (χ4v) is 2.44. The van der Waals surface area contributed by atoms with Gasteiger partial charge in [0.2, 0.25) is 0 Å². The second-order valence-corrected chi connectivity index (χ2v) is 4.72. The van der Waals surface area contributed by atoms with E-state index < -0.39 is 6.10 Å². The lowest BCUT2D eigenvalue weighted by molar-refractivity contribution is 0.0262. The van der Waals surface area contributed by atoms with Crippen LogP contribution >= 0.6 is 0 Å². The molecule has 0 radical (unpaired) electrons. The number of hydrogen-bond acceptors (Lipinski definition) is 3. The van der Waals surface area contributed by atoms with E-state index in [0.29, 0.717) is 5.69 Å². The van der Waals surface area contributed by atoms with Crippen molar-refractivity contribution in [2.24, 2.45) is 7.05 Å². The Bertz CT molecular complexity index is 402. The zero-order valence-corrected chi connectivity index (χ0v) is 10.3. The lowest BCUT2D eigenvalue weighted by Crippen LogP contribution is -2.46. The van der Waals surface area contributed by atoms with Gasteiger partial charge < -0.3 is 14.6 Å². The lowest BCUT2D eigenvalue weighted by atomic mass is 9.91. The highest BCUT2D eigenvalue weighted by Crippen LogP contribution is 2.23.